The van der Waals surface area contributed by atoms with Crippen molar-refractivity contribution in [2.24, 2.45) is 5.41 Å². The van der Waals surface area contributed by atoms with Gasteiger partial charge < -0.3 is 14.6 Å². The van der Waals surface area contributed by atoms with E-state index in [1.165, 1.54) is 0 Å². The number of para-hydroxylation sites is 1. The Balaban J connectivity index is 1.52. The Hall–Kier alpha value is -1.36. The summed E-state index contributed by atoms with van der Waals surface area (Å²) in [5.41, 5.74) is 1.12. The van der Waals surface area contributed by atoms with Crippen molar-refractivity contribution < 1.29 is 14.6 Å². The number of ether oxygens (including phenoxy) is 2. The van der Waals surface area contributed by atoms with Crippen LogP contribution in [-0.2, 0) is 4.74 Å². The van der Waals surface area contributed by atoms with Crippen LogP contribution >= 0.6 is 0 Å². The third kappa shape index (κ3) is 3.37. The lowest BCUT2D eigenvalue weighted by molar-refractivity contribution is -0.209. The monoisotopic (exact) mass is 331 g/mol. The number of aliphatic hydroxyl groups is 1. The number of aliphatic hydroxyl groups excluding tert-OH is 1. The summed E-state index contributed by atoms with van der Waals surface area (Å²) < 4.78 is 11.2. The van der Waals surface area contributed by atoms with Gasteiger partial charge in [-0.05, 0) is 38.9 Å². The second-order valence-electron chi connectivity index (χ2n) is 6.87. The Morgan fingerprint density at radius 1 is 1.29 bits per heavy atom. The number of hydrogen-bond acceptors (Lipinski definition) is 4. The molecule has 1 N–H and O–H groups in total. The quantitative estimate of drug-likeness (QED) is 0.870. The number of benzene rings is 1. The number of rotatable bonds is 6. The molecule has 0 bridgehead atoms. The smallest absolute Gasteiger partial charge is 0.126 e. The average Bonchev–Trinajstić information content (AvgIpc) is 2.62. The first-order valence-corrected chi connectivity index (χ1v) is 9.01. The van der Waals surface area contributed by atoms with Crippen molar-refractivity contribution in [1.82, 2.24) is 4.90 Å². The molecule has 3 rings (SSSR count). The molecule has 24 heavy (non-hydrogen) atoms. The standard InChI is InChI=1S/C20H29NO3/c1-3-24-19-15-18(22)20(19)10-13-21(14-11-20)12-6-8-16-7-4-5-9-17(16)23-2/h4-9,18-19,22H,3,10-15H2,1-2H3/b8-6+. The molecule has 4 heteroatoms. The van der Waals surface area contributed by atoms with Gasteiger partial charge in [0.05, 0.1) is 19.3 Å². The van der Waals surface area contributed by atoms with Gasteiger partial charge in [-0.2, -0.15) is 0 Å². The molecule has 1 aliphatic carbocycles. The second kappa shape index (κ2) is 7.68. The first-order valence-electron chi connectivity index (χ1n) is 9.01. The summed E-state index contributed by atoms with van der Waals surface area (Å²) in [6.07, 6.45) is 7.27. The summed E-state index contributed by atoms with van der Waals surface area (Å²) in [5.74, 6) is 0.906. The van der Waals surface area contributed by atoms with Crippen LogP contribution in [-0.4, -0.2) is 55.6 Å². The fraction of sp³-hybridized carbons (Fsp3) is 0.600. The molecule has 1 aromatic rings. The minimum absolute atomic E-state index is 0.0128. The normalized spacial score (nSPS) is 26.6. The van der Waals surface area contributed by atoms with Crippen LogP contribution in [0.25, 0.3) is 6.08 Å². The predicted octanol–water partition coefficient (Wildman–Crippen LogP) is 2.96. The van der Waals surface area contributed by atoms with E-state index in [0.717, 1.165) is 56.8 Å². The summed E-state index contributed by atoms with van der Waals surface area (Å²) in [6.45, 7) is 5.76. The van der Waals surface area contributed by atoms with Crippen molar-refractivity contribution in [3.05, 3.63) is 35.9 Å². The van der Waals surface area contributed by atoms with Crippen LogP contribution in [0.2, 0.25) is 0 Å². The van der Waals surface area contributed by atoms with E-state index in [-0.39, 0.29) is 17.6 Å². The van der Waals surface area contributed by atoms with Gasteiger partial charge in [0.2, 0.25) is 0 Å². The maximum Gasteiger partial charge on any atom is 0.126 e. The van der Waals surface area contributed by atoms with Gasteiger partial charge >= 0.3 is 0 Å². The van der Waals surface area contributed by atoms with Crippen molar-refractivity contribution in [2.75, 3.05) is 33.4 Å². The lowest BCUT2D eigenvalue weighted by atomic mass is 9.58. The Bertz CT molecular complexity index is 562. The molecule has 132 valence electrons. The molecule has 1 saturated carbocycles. The number of likely N-dealkylation sites (tertiary alicyclic amines) is 1. The van der Waals surface area contributed by atoms with Gasteiger partial charge in [0.25, 0.3) is 0 Å². The third-order valence-electron chi connectivity index (χ3n) is 5.70. The van der Waals surface area contributed by atoms with Crippen molar-refractivity contribution >= 4 is 6.08 Å². The fourth-order valence-electron chi connectivity index (χ4n) is 4.10. The molecule has 1 aliphatic heterocycles. The van der Waals surface area contributed by atoms with E-state index in [9.17, 15) is 5.11 Å². The molecule has 1 heterocycles. The van der Waals surface area contributed by atoms with E-state index in [2.05, 4.69) is 23.1 Å². The first-order chi connectivity index (χ1) is 11.7. The van der Waals surface area contributed by atoms with Crippen LogP contribution in [0.5, 0.6) is 5.75 Å². The van der Waals surface area contributed by atoms with E-state index in [1.54, 1.807) is 7.11 Å². The summed E-state index contributed by atoms with van der Waals surface area (Å²) in [7, 11) is 1.70. The van der Waals surface area contributed by atoms with Crippen molar-refractivity contribution in [1.29, 1.82) is 0 Å². The lowest BCUT2D eigenvalue weighted by Crippen LogP contribution is -2.62. The van der Waals surface area contributed by atoms with E-state index < -0.39 is 0 Å². The molecule has 0 aromatic heterocycles. The van der Waals surface area contributed by atoms with Crippen LogP contribution in [0.15, 0.2) is 30.3 Å². The molecule has 4 nitrogen and oxygen atoms in total. The van der Waals surface area contributed by atoms with Gasteiger partial charge in [-0.3, -0.25) is 4.90 Å². The molecular weight excluding hydrogens is 302 g/mol. The minimum atomic E-state index is -0.180. The lowest BCUT2D eigenvalue weighted by Gasteiger charge is -2.56. The van der Waals surface area contributed by atoms with Crippen LogP contribution in [0, 0.1) is 5.41 Å². The fourth-order valence-corrected chi connectivity index (χ4v) is 4.10. The Morgan fingerprint density at radius 3 is 2.71 bits per heavy atom. The van der Waals surface area contributed by atoms with Gasteiger partial charge in [-0.15, -0.1) is 0 Å². The Labute approximate surface area is 145 Å². The van der Waals surface area contributed by atoms with Crippen LogP contribution < -0.4 is 4.74 Å². The Morgan fingerprint density at radius 2 is 2.04 bits per heavy atom. The van der Waals surface area contributed by atoms with E-state index in [4.69, 9.17) is 9.47 Å². The summed E-state index contributed by atoms with van der Waals surface area (Å²) in [6, 6.07) is 8.06. The highest BCUT2D eigenvalue weighted by Gasteiger charge is 2.55. The van der Waals surface area contributed by atoms with Gasteiger partial charge in [-0.1, -0.05) is 30.4 Å². The summed E-state index contributed by atoms with van der Waals surface area (Å²) >= 11 is 0. The highest BCUT2D eigenvalue weighted by atomic mass is 16.5. The number of methoxy groups -OCH3 is 1. The molecule has 1 aromatic carbocycles. The zero-order valence-electron chi connectivity index (χ0n) is 14.8. The molecule has 2 aliphatic rings. The first kappa shape index (κ1) is 17.5. The molecule has 1 saturated heterocycles. The van der Waals surface area contributed by atoms with Crippen LogP contribution in [0.1, 0.15) is 31.7 Å². The van der Waals surface area contributed by atoms with E-state index >= 15 is 0 Å². The molecule has 0 radical (unpaired) electrons. The number of piperidine rings is 1. The van der Waals surface area contributed by atoms with Gasteiger partial charge in [0.15, 0.2) is 0 Å². The zero-order valence-corrected chi connectivity index (χ0v) is 14.8. The SMILES string of the molecule is CCOC1CC(O)C12CCN(C/C=C/c1ccccc1OC)CC2. The van der Waals surface area contributed by atoms with Gasteiger partial charge in [0.1, 0.15) is 5.75 Å². The zero-order chi connectivity index (χ0) is 17.0. The molecule has 1 spiro atoms. The Kier molecular flexibility index (Phi) is 5.59. The van der Waals surface area contributed by atoms with E-state index in [0.29, 0.717) is 0 Å². The third-order valence-corrected chi connectivity index (χ3v) is 5.70. The maximum absolute atomic E-state index is 10.3. The predicted molar refractivity (Wildman–Crippen MR) is 96.2 cm³/mol. The van der Waals surface area contributed by atoms with E-state index in [1.807, 2.05) is 25.1 Å². The van der Waals surface area contributed by atoms with Gasteiger partial charge in [-0.25, -0.2) is 0 Å². The van der Waals surface area contributed by atoms with Crippen molar-refractivity contribution in [3.8, 4) is 5.75 Å². The molecule has 2 atom stereocenters. The largest absolute Gasteiger partial charge is 0.496 e. The minimum Gasteiger partial charge on any atom is -0.496 e. The van der Waals surface area contributed by atoms with Crippen molar-refractivity contribution in [2.45, 2.75) is 38.4 Å². The highest BCUT2D eigenvalue weighted by Crippen LogP contribution is 2.50. The molecule has 2 fully saturated rings. The average molecular weight is 331 g/mol. The highest BCUT2D eigenvalue weighted by molar-refractivity contribution is 5.57. The number of nitrogens with zero attached hydrogens (tertiary/aromatic N) is 1. The summed E-state index contributed by atoms with van der Waals surface area (Å²) in [5, 5.41) is 10.3. The summed E-state index contributed by atoms with van der Waals surface area (Å²) in [4.78, 5) is 2.45. The second-order valence-corrected chi connectivity index (χ2v) is 6.87. The van der Waals surface area contributed by atoms with Crippen LogP contribution in [0.3, 0.4) is 0 Å². The molecular formula is C20H29NO3. The molecule has 0 amide bonds. The number of hydrogen-bond donors (Lipinski definition) is 1. The van der Waals surface area contributed by atoms with Crippen molar-refractivity contribution in [3.63, 3.8) is 0 Å². The van der Waals surface area contributed by atoms with Crippen LogP contribution in [0.4, 0.5) is 0 Å². The maximum atomic E-state index is 10.3. The molecule has 2 unspecified atom stereocenters. The topological polar surface area (TPSA) is 41.9 Å². The van der Waals surface area contributed by atoms with Gasteiger partial charge in [0, 0.05) is 30.6 Å².